The van der Waals surface area contributed by atoms with E-state index in [9.17, 15) is 14.4 Å². The molecule has 20 heavy (non-hydrogen) atoms. The molecule has 4 N–H and O–H groups in total. The molecule has 1 aromatic rings. The largest absolute Gasteiger partial charge is 0.480 e. The number of urea groups is 1. The minimum atomic E-state index is -1.34. The van der Waals surface area contributed by atoms with Crippen molar-refractivity contribution in [3.8, 4) is 0 Å². The molecule has 1 aromatic heterocycles. The third kappa shape index (κ3) is 4.59. The Kier molecular flexibility index (Phi) is 5.07. The predicted molar refractivity (Wildman–Crippen MR) is 68.4 cm³/mol. The number of hydrogen-bond acceptors (Lipinski definition) is 4. The van der Waals surface area contributed by atoms with Crippen LogP contribution in [-0.4, -0.2) is 50.8 Å². The lowest BCUT2D eigenvalue weighted by Crippen LogP contribution is -2.47. The molecule has 3 amide bonds. The van der Waals surface area contributed by atoms with Gasteiger partial charge in [0.1, 0.15) is 6.04 Å². The summed E-state index contributed by atoms with van der Waals surface area (Å²) in [6.07, 6.45) is 2.88. The van der Waals surface area contributed by atoms with Crippen LogP contribution in [0, 0.1) is 0 Å². The number of aromatic nitrogens is 2. The van der Waals surface area contributed by atoms with Crippen LogP contribution < -0.4 is 11.1 Å². The minimum Gasteiger partial charge on any atom is -0.480 e. The van der Waals surface area contributed by atoms with E-state index in [1.165, 1.54) is 11.9 Å². The Morgan fingerprint density at radius 1 is 1.55 bits per heavy atom. The van der Waals surface area contributed by atoms with Crippen LogP contribution in [0.15, 0.2) is 12.4 Å². The number of nitrogens with zero attached hydrogens (tertiary/aromatic N) is 3. The fourth-order valence-electron chi connectivity index (χ4n) is 1.56. The van der Waals surface area contributed by atoms with Crippen molar-refractivity contribution in [2.24, 2.45) is 12.8 Å². The molecule has 0 saturated carbocycles. The molecule has 0 saturated heterocycles. The fraction of sp³-hybridized carbons (Fsp3) is 0.455. The summed E-state index contributed by atoms with van der Waals surface area (Å²) in [5.41, 5.74) is 5.73. The highest BCUT2D eigenvalue weighted by atomic mass is 16.4. The molecule has 1 atom stereocenters. The van der Waals surface area contributed by atoms with Gasteiger partial charge in [-0.2, -0.15) is 5.10 Å². The van der Waals surface area contributed by atoms with Crippen molar-refractivity contribution in [2.75, 3.05) is 7.05 Å². The number of carbonyl (C=O) groups is 3. The summed E-state index contributed by atoms with van der Waals surface area (Å²) in [6.45, 7) is 0.266. The van der Waals surface area contributed by atoms with Gasteiger partial charge >= 0.3 is 12.0 Å². The third-order valence-corrected chi connectivity index (χ3v) is 2.53. The summed E-state index contributed by atoms with van der Waals surface area (Å²) in [4.78, 5) is 34.8. The number of rotatable bonds is 6. The molecule has 0 spiro atoms. The summed E-state index contributed by atoms with van der Waals surface area (Å²) in [7, 11) is 3.25. The molecule has 0 bridgehead atoms. The van der Waals surface area contributed by atoms with Gasteiger partial charge in [0, 0.05) is 25.9 Å². The fourth-order valence-corrected chi connectivity index (χ4v) is 1.56. The molecule has 9 heteroatoms. The molecule has 9 nitrogen and oxygen atoms in total. The molecular weight excluding hydrogens is 266 g/mol. The number of carbonyl (C=O) groups excluding carboxylic acids is 2. The second-order valence-electron chi connectivity index (χ2n) is 4.39. The second kappa shape index (κ2) is 6.55. The molecule has 0 aliphatic heterocycles. The first-order chi connectivity index (χ1) is 9.29. The highest BCUT2D eigenvalue weighted by Gasteiger charge is 2.23. The summed E-state index contributed by atoms with van der Waals surface area (Å²) >= 11 is 0. The van der Waals surface area contributed by atoms with Crippen LogP contribution in [0.2, 0.25) is 0 Å². The van der Waals surface area contributed by atoms with Gasteiger partial charge in [-0.1, -0.05) is 0 Å². The Hall–Kier alpha value is -2.58. The molecule has 0 fully saturated rings. The highest BCUT2D eigenvalue weighted by Crippen LogP contribution is 2.02. The van der Waals surface area contributed by atoms with E-state index < -0.39 is 30.4 Å². The van der Waals surface area contributed by atoms with E-state index in [0.717, 1.165) is 5.56 Å². The van der Waals surface area contributed by atoms with Crippen molar-refractivity contribution in [1.82, 2.24) is 20.0 Å². The van der Waals surface area contributed by atoms with E-state index in [1.54, 1.807) is 24.1 Å². The van der Waals surface area contributed by atoms with Crippen LogP contribution in [-0.2, 0) is 23.2 Å². The average molecular weight is 283 g/mol. The zero-order valence-corrected chi connectivity index (χ0v) is 11.2. The van der Waals surface area contributed by atoms with Gasteiger partial charge in [0.15, 0.2) is 0 Å². The Balaban J connectivity index is 2.59. The lowest BCUT2D eigenvalue weighted by Gasteiger charge is -2.20. The van der Waals surface area contributed by atoms with Crippen LogP contribution in [0.4, 0.5) is 4.79 Å². The lowest BCUT2D eigenvalue weighted by atomic mass is 10.2. The van der Waals surface area contributed by atoms with Crippen molar-refractivity contribution in [2.45, 2.75) is 19.0 Å². The van der Waals surface area contributed by atoms with E-state index >= 15 is 0 Å². The Morgan fingerprint density at radius 2 is 2.20 bits per heavy atom. The highest BCUT2D eigenvalue weighted by molar-refractivity contribution is 5.87. The molecule has 0 aliphatic rings. The SMILES string of the molecule is CN(Cc1cnn(C)c1)C(=O)NC(CC(N)=O)C(=O)O. The summed E-state index contributed by atoms with van der Waals surface area (Å²) < 4.78 is 1.59. The minimum absolute atomic E-state index is 0.266. The first kappa shape index (κ1) is 15.5. The van der Waals surface area contributed by atoms with E-state index in [4.69, 9.17) is 10.8 Å². The first-order valence-corrected chi connectivity index (χ1v) is 5.80. The Bertz CT molecular complexity index is 513. The van der Waals surface area contributed by atoms with Gasteiger partial charge in [-0.05, 0) is 0 Å². The molecule has 0 aromatic carbocycles. The van der Waals surface area contributed by atoms with Gasteiger partial charge in [-0.25, -0.2) is 9.59 Å². The maximum atomic E-state index is 11.8. The maximum Gasteiger partial charge on any atom is 0.326 e. The monoisotopic (exact) mass is 283 g/mol. The number of nitrogens with two attached hydrogens (primary N) is 1. The van der Waals surface area contributed by atoms with Crippen molar-refractivity contribution >= 4 is 17.9 Å². The van der Waals surface area contributed by atoms with Gasteiger partial charge in [0.25, 0.3) is 0 Å². The zero-order valence-electron chi connectivity index (χ0n) is 11.2. The van der Waals surface area contributed by atoms with Gasteiger partial charge in [0.2, 0.25) is 5.91 Å². The van der Waals surface area contributed by atoms with E-state index in [0.29, 0.717) is 0 Å². The van der Waals surface area contributed by atoms with E-state index in [-0.39, 0.29) is 6.54 Å². The number of aliphatic carboxylic acids is 1. The Labute approximate surface area is 115 Å². The maximum absolute atomic E-state index is 11.8. The van der Waals surface area contributed by atoms with Crippen molar-refractivity contribution in [3.63, 3.8) is 0 Å². The summed E-state index contributed by atoms with van der Waals surface area (Å²) in [6, 6.07) is -1.95. The predicted octanol–water partition coefficient (Wildman–Crippen LogP) is -1.11. The van der Waals surface area contributed by atoms with Gasteiger partial charge in [0.05, 0.1) is 19.2 Å². The normalized spacial score (nSPS) is 11.7. The molecule has 0 aliphatic carbocycles. The van der Waals surface area contributed by atoms with Crippen LogP contribution in [0.1, 0.15) is 12.0 Å². The van der Waals surface area contributed by atoms with Crippen LogP contribution in [0.5, 0.6) is 0 Å². The molecule has 110 valence electrons. The molecule has 1 unspecified atom stereocenters. The van der Waals surface area contributed by atoms with Crippen molar-refractivity contribution in [1.29, 1.82) is 0 Å². The average Bonchev–Trinajstić information content (AvgIpc) is 2.72. The number of aryl methyl sites for hydroxylation is 1. The number of nitrogens with one attached hydrogen (secondary N) is 1. The smallest absolute Gasteiger partial charge is 0.326 e. The zero-order chi connectivity index (χ0) is 15.3. The van der Waals surface area contributed by atoms with Crippen LogP contribution >= 0.6 is 0 Å². The van der Waals surface area contributed by atoms with Gasteiger partial charge in [-0.3, -0.25) is 9.48 Å². The third-order valence-electron chi connectivity index (χ3n) is 2.53. The summed E-state index contributed by atoms with van der Waals surface area (Å²) in [5.74, 6) is -2.11. The number of hydrogen-bond donors (Lipinski definition) is 3. The molecule has 1 rings (SSSR count). The standard InChI is InChI=1S/C11H17N5O4/c1-15(5-7-4-13-16(2)6-7)11(20)14-8(10(18)19)3-9(12)17/h4,6,8H,3,5H2,1-2H3,(H2,12,17)(H,14,20)(H,18,19). The molecule has 0 radical (unpaired) electrons. The van der Waals surface area contributed by atoms with E-state index in [1.807, 2.05) is 0 Å². The van der Waals surface area contributed by atoms with Gasteiger partial charge in [-0.15, -0.1) is 0 Å². The van der Waals surface area contributed by atoms with Crippen LogP contribution in [0.3, 0.4) is 0 Å². The molecule has 1 heterocycles. The van der Waals surface area contributed by atoms with Crippen LogP contribution in [0.25, 0.3) is 0 Å². The summed E-state index contributed by atoms with van der Waals surface area (Å²) in [5, 5.41) is 15.1. The topological polar surface area (TPSA) is 131 Å². The van der Waals surface area contributed by atoms with E-state index in [2.05, 4.69) is 10.4 Å². The number of primary amides is 1. The number of carboxylic acids is 1. The first-order valence-electron chi connectivity index (χ1n) is 5.80. The molecular formula is C11H17N5O4. The lowest BCUT2D eigenvalue weighted by molar-refractivity contribution is -0.140. The van der Waals surface area contributed by atoms with Gasteiger partial charge < -0.3 is 21.1 Å². The van der Waals surface area contributed by atoms with Crippen molar-refractivity contribution in [3.05, 3.63) is 18.0 Å². The number of amides is 3. The number of carboxylic acid groups (broad SMARTS) is 1. The second-order valence-corrected chi connectivity index (χ2v) is 4.39. The van der Waals surface area contributed by atoms with Crippen molar-refractivity contribution < 1.29 is 19.5 Å². The quantitative estimate of drug-likeness (QED) is 0.609. The Morgan fingerprint density at radius 3 is 2.65 bits per heavy atom.